The molecule has 0 aromatic heterocycles. The summed E-state index contributed by atoms with van der Waals surface area (Å²) < 4.78 is 22.4. The highest BCUT2D eigenvalue weighted by molar-refractivity contribution is 6.74. The topological polar surface area (TPSA) is 74.2 Å². The van der Waals surface area contributed by atoms with Gasteiger partial charge in [0.25, 0.3) is 0 Å². The van der Waals surface area contributed by atoms with Crippen LogP contribution < -0.4 is 0 Å². The van der Waals surface area contributed by atoms with Crippen LogP contribution in [0.5, 0.6) is 0 Å². The summed E-state index contributed by atoms with van der Waals surface area (Å²) >= 11 is 0. The van der Waals surface area contributed by atoms with Gasteiger partial charge in [0.05, 0.1) is 6.10 Å². The molecule has 0 aromatic carbocycles. The quantitative estimate of drug-likeness (QED) is 0.626. The molecule has 130 valence electrons. The Labute approximate surface area is 134 Å². The van der Waals surface area contributed by atoms with E-state index in [-0.39, 0.29) is 11.1 Å². The van der Waals surface area contributed by atoms with Crippen LogP contribution in [0.1, 0.15) is 34.6 Å². The average Bonchev–Trinajstić information content (AvgIpc) is 2.35. The first-order chi connectivity index (χ1) is 9.90. The summed E-state index contributed by atoms with van der Waals surface area (Å²) in [5, 5.41) is 10.6. The molecule has 0 saturated carbocycles. The van der Waals surface area contributed by atoms with Gasteiger partial charge in [0.1, 0.15) is 12.2 Å². The van der Waals surface area contributed by atoms with Gasteiger partial charge in [0.2, 0.25) is 0 Å². The summed E-state index contributed by atoms with van der Waals surface area (Å²) in [6.07, 6.45) is -3.61. The predicted molar refractivity (Wildman–Crippen MR) is 85.0 cm³/mol. The highest BCUT2D eigenvalue weighted by Gasteiger charge is 2.50. The van der Waals surface area contributed by atoms with Gasteiger partial charge in [0.15, 0.2) is 20.7 Å². The third kappa shape index (κ3) is 4.29. The van der Waals surface area contributed by atoms with Gasteiger partial charge in [-0.3, -0.25) is 4.79 Å². The molecule has 0 unspecified atom stereocenters. The molecule has 0 aliphatic carbocycles. The van der Waals surface area contributed by atoms with E-state index in [1.165, 1.54) is 14.0 Å². The smallest absolute Gasteiger partial charge is 0.303 e. The maximum absolute atomic E-state index is 11.3. The lowest BCUT2D eigenvalue weighted by atomic mass is 10.00. The van der Waals surface area contributed by atoms with Crippen molar-refractivity contribution < 1.29 is 28.5 Å². The van der Waals surface area contributed by atoms with Crippen molar-refractivity contribution in [1.82, 2.24) is 0 Å². The van der Waals surface area contributed by atoms with E-state index in [1.54, 1.807) is 0 Å². The van der Waals surface area contributed by atoms with Gasteiger partial charge in [0, 0.05) is 14.0 Å². The third-order valence-corrected chi connectivity index (χ3v) is 9.00. The van der Waals surface area contributed by atoms with Crippen molar-refractivity contribution in [1.29, 1.82) is 0 Å². The highest BCUT2D eigenvalue weighted by atomic mass is 28.4. The number of methoxy groups -OCH3 is 1. The Kier molecular flexibility index (Phi) is 6.20. The highest BCUT2D eigenvalue weighted by Crippen LogP contribution is 2.39. The number of carbonyl (C=O) groups is 1. The van der Waals surface area contributed by atoms with Crippen LogP contribution in [0.4, 0.5) is 0 Å². The normalized spacial score (nSPS) is 33.6. The molecule has 1 fully saturated rings. The Morgan fingerprint density at radius 3 is 2.18 bits per heavy atom. The first kappa shape index (κ1) is 19.6. The number of ether oxygens (including phenoxy) is 3. The molecule has 0 radical (unpaired) electrons. The number of hydrogen-bond acceptors (Lipinski definition) is 6. The number of esters is 1. The van der Waals surface area contributed by atoms with E-state index in [9.17, 15) is 9.90 Å². The zero-order chi connectivity index (χ0) is 17.3. The van der Waals surface area contributed by atoms with Crippen LogP contribution in [0.25, 0.3) is 0 Å². The lowest BCUT2D eigenvalue weighted by Gasteiger charge is -2.47. The first-order valence-corrected chi connectivity index (χ1v) is 10.5. The number of carbonyl (C=O) groups excluding carboxylic acids is 1. The van der Waals surface area contributed by atoms with Crippen molar-refractivity contribution in [3.05, 3.63) is 0 Å². The summed E-state index contributed by atoms with van der Waals surface area (Å²) in [5.74, 6) is -0.490. The molecule has 5 atom stereocenters. The van der Waals surface area contributed by atoms with Crippen LogP contribution in [0.3, 0.4) is 0 Å². The van der Waals surface area contributed by atoms with E-state index >= 15 is 0 Å². The maximum atomic E-state index is 11.3. The zero-order valence-electron chi connectivity index (χ0n) is 14.9. The first-order valence-electron chi connectivity index (χ1n) is 7.62. The molecule has 0 bridgehead atoms. The Balaban J connectivity index is 2.97. The lowest BCUT2D eigenvalue weighted by Crippen LogP contribution is -2.62. The third-order valence-electron chi connectivity index (χ3n) is 4.52. The fourth-order valence-electron chi connectivity index (χ4n) is 2.18. The predicted octanol–water partition coefficient (Wildman–Crippen LogP) is 2.06. The van der Waals surface area contributed by atoms with Gasteiger partial charge in [-0.2, -0.15) is 0 Å². The van der Waals surface area contributed by atoms with Gasteiger partial charge < -0.3 is 23.7 Å². The van der Waals surface area contributed by atoms with Crippen molar-refractivity contribution in [3.8, 4) is 0 Å². The van der Waals surface area contributed by atoms with Crippen molar-refractivity contribution in [3.63, 3.8) is 0 Å². The second-order valence-corrected chi connectivity index (χ2v) is 12.1. The van der Waals surface area contributed by atoms with E-state index in [1.807, 2.05) is 6.92 Å². The van der Waals surface area contributed by atoms with E-state index in [0.717, 1.165) is 0 Å². The van der Waals surface area contributed by atoms with Crippen LogP contribution >= 0.6 is 0 Å². The molecule has 0 amide bonds. The maximum Gasteiger partial charge on any atom is 0.303 e. The van der Waals surface area contributed by atoms with E-state index < -0.39 is 38.9 Å². The monoisotopic (exact) mass is 334 g/mol. The molecule has 1 N–H and O–H groups in total. The summed E-state index contributed by atoms with van der Waals surface area (Å²) in [6.45, 7) is 13.7. The molecular weight excluding hydrogens is 304 g/mol. The summed E-state index contributed by atoms with van der Waals surface area (Å²) in [4.78, 5) is 11.3. The number of hydrogen-bond donors (Lipinski definition) is 1. The SMILES string of the molecule is CO[C@H]1O[C@H](C)[C@@H](O[Si](C)(C)C(C)(C)C)[C@@H](O)[C@H]1OC(C)=O. The standard InChI is InChI=1S/C15H30O6Si/c1-9-12(21-22(7,8)15(3,4)5)11(17)13(20-10(2)16)14(18-6)19-9/h9,11-14,17H,1-8H3/t9-,11-,12-,13-,14+/m1/s1. The van der Waals surface area contributed by atoms with Gasteiger partial charge >= 0.3 is 5.97 Å². The van der Waals surface area contributed by atoms with Gasteiger partial charge in [-0.25, -0.2) is 0 Å². The second-order valence-electron chi connectivity index (χ2n) is 7.35. The Bertz CT molecular complexity index is 392. The fourth-order valence-corrected chi connectivity index (χ4v) is 3.55. The van der Waals surface area contributed by atoms with E-state index in [4.69, 9.17) is 18.6 Å². The number of aliphatic hydroxyl groups is 1. The molecule has 0 aromatic rings. The second kappa shape index (κ2) is 6.96. The Morgan fingerprint density at radius 1 is 1.23 bits per heavy atom. The minimum Gasteiger partial charge on any atom is -0.454 e. The summed E-state index contributed by atoms with van der Waals surface area (Å²) in [6, 6.07) is 0. The Morgan fingerprint density at radius 2 is 1.77 bits per heavy atom. The minimum atomic E-state index is -2.10. The van der Waals surface area contributed by atoms with Crippen molar-refractivity contribution >= 4 is 14.3 Å². The van der Waals surface area contributed by atoms with Crippen molar-refractivity contribution in [2.24, 2.45) is 0 Å². The number of aliphatic hydroxyl groups excluding tert-OH is 1. The van der Waals surface area contributed by atoms with Crippen LogP contribution in [0, 0.1) is 0 Å². The molecule has 7 heteroatoms. The van der Waals surface area contributed by atoms with Crippen LogP contribution in [0.2, 0.25) is 18.1 Å². The largest absolute Gasteiger partial charge is 0.454 e. The molecular formula is C15H30O6Si. The summed E-state index contributed by atoms with van der Waals surface area (Å²) in [5.41, 5.74) is 0. The minimum absolute atomic E-state index is 0.00146. The summed E-state index contributed by atoms with van der Waals surface area (Å²) in [7, 11) is -0.645. The molecule has 1 aliphatic rings. The number of rotatable bonds is 4. The molecule has 6 nitrogen and oxygen atoms in total. The molecule has 0 spiro atoms. The fraction of sp³-hybridized carbons (Fsp3) is 0.933. The zero-order valence-corrected chi connectivity index (χ0v) is 15.9. The van der Waals surface area contributed by atoms with Crippen LogP contribution in [-0.4, -0.2) is 57.2 Å². The van der Waals surface area contributed by atoms with Crippen molar-refractivity contribution in [2.75, 3.05) is 7.11 Å². The molecule has 1 saturated heterocycles. The van der Waals surface area contributed by atoms with E-state index in [0.29, 0.717) is 0 Å². The Hall–Kier alpha value is -0.473. The van der Waals surface area contributed by atoms with Gasteiger partial charge in [-0.15, -0.1) is 0 Å². The van der Waals surface area contributed by atoms with Crippen molar-refractivity contribution in [2.45, 2.75) is 83.5 Å². The van der Waals surface area contributed by atoms with Crippen LogP contribution in [-0.2, 0) is 23.4 Å². The molecule has 1 aliphatic heterocycles. The molecule has 1 heterocycles. The van der Waals surface area contributed by atoms with E-state index in [2.05, 4.69) is 33.9 Å². The average molecular weight is 334 g/mol. The van der Waals surface area contributed by atoms with Gasteiger partial charge in [-0.05, 0) is 25.1 Å². The van der Waals surface area contributed by atoms with Crippen LogP contribution in [0.15, 0.2) is 0 Å². The van der Waals surface area contributed by atoms with Gasteiger partial charge in [-0.1, -0.05) is 20.8 Å². The molecule has 22 heavy (non-hydrogen) atoms. The molecule has 1 rings (SSSR count). The lowest BCUT2D eigenvalue weighted by molar-refractivity contribution is -0.287.